The van der Waals surface area contributed by atoms with Crippen LogP contribution in [0.1, 0.15) is 15.9 Å². The van der Waals surface area contributed by atoms with Gasteiger partial charge in [0.1, 0.15) is 0 Å². The molecule has 0 aromatic heterocycles. The molecule has 18 heavy (non-hydrogen) atoms. The van der Waals surface area contributed by atoms with E-state index in [1.165, 1.54) is 0 Å². The minimum Gasteiger partial charge on any atom is -0.393 e. The molecule has 2 aromatic rings. The van der Waals surface area contributed by atoms with Crippen molar-refractivity contribution in [3.8, 4) is 0 Å². The van der Waals surface area contributed by atoms with Crippen molar-refractivity contribution in [3.63, 3.8) is 0 Å². The molecule has 0 fully saturated rings. The van der Waals surface area contributed by atoms with Gasteiger partial charge in [-0.25, -0.2) is 0 Å². The van der Waals surface area contributed by atoms with Crippen LogP contribution in [-0.4, -0.2) is 12.8 Å². The molecule has 1 N–H and O–H groups in total. The lowest BCUT2D eigenvalue weighted by Gasteiger charge is -2.07. The molecule has 90 valence electrons. The van der Waals surface area contributed by atoms with E-state index in [1.807, 2.05) is 60.7 Å². The van der Waals surface area contributed by atoms with Crippen LogP contribution in [-0.2, 0) is 0 Å². The average molecular weight is 237 g/mol. The maximum Gasteiger partial charge on any atom is 0.195 e. The molecule has 0 bridgehead atoms. The normalized spacial score (nSPS) is 11.1. The first-order valence-corrected chi connectivity index (χ1v) is 5.85. The van der Waals surface area contributed by atoms with Gasteiger partial charge in [-0.1, -0.05) is 60.7 Å². The predicted molar refractivity (Wildman–Crippen MR) is 74.3 cm³/mol. The lowest BCUT2D eigenvalue weighted by Crippen LogP contribution is -2.06. The van der Waals surface area contributed by atoms with E-state index in [0.717, 1.165) is 5.56 Å². The molecule has 0 aliphatic carbocycles. The fourth-order valence-electron chi connectivity index (χ4n) is 1.79. The van der Waals surface area contributed by atoms with E-state index in [-0.39, 0.29) is 5.78 Å². The summed E-state index contributed by atoms with van der Waals surface area (Å²) in [5.74, 6) is 0.0242. The van der Waals surface area contributed by atoms with E-state index < -0.39 is 0 Å². The number of hydrogen-bond donors (Lipinski definition) is 1. The summed E-state index contributed by atoms with van der Waals surface area (Å²) in [6, 6.07) is 19.0. The van der Waals surface area contributed by atoms with Crippen LogP contribution >= 0.6 is 0 Å². The van der Waals surface area contributed by atoms with Crippen molar-refractivity contribution in [1.82, 2.24) is 5.32 Å². The number of rotatable bonds is 4. The predicted octanol–water partition coefficient (Wildman–Crippen LogP) is 3.13. The maximum absolute atomic E-state index is 12.4. The average Bonchev–Trinajstić information content (AvgIpc) is 2.46. The zero-order valence-electron chi connectivity index (χ0n) is 10.3. The SMILES string of the molecule is CN/C=C(\C(=O)c1ccccc1)c1ccccc1. The molecule has 0 aliphatic rings. The van der Waals surface area contributed by atoms with Crippen LogP contribution in [0.3, 0.4) is 0 Å². The molecule has 0 heterocycles. The number of ketones is 1. The fourth-order valence-corrected chi connectivity index (χ4v) is 1.79. The molecular formula is C16H15NO. The maximum atomic E-state index is 12.4. The molecule has 0 spiro atoms. The highest BCUT2D eigenvalue weighted by Crippen LogP contribution is 2.18. The first-order chi connectivity index (χ1) is 8.83. The van der Waals surface area contributed by atoms with Crippen molar-refractivity contribution in [2.75, 3.05) is 7.05 Å². The minimum atomic E-state index is 0.0242. The molecule has 0 atom stereocenters. The van der Waals surface area contributed by atoms with Crippen LogP contribution < -0.4 is 5.32 Å². The summed E-state index contributed by atoms with van der Waals surface area (Å²) in [6.07, 6.45) is 1.74. The monoisotopic (exact) mass is 237 g/mol. The Hall–Kier alpha value is -2.35. The van der Waals surface area contributed by atoms with Crippen molar-refractivity contribution in [2.45, 2.75) is 0 Å². The zero-order valence-corrected chi connectivity index (χ0v) is 10.3. The molecule has 0 unspecified atom stereocenters. The number of allylic oxidation sites excluding steroid dienone is 1. The quantitative estimate of drug-likeness (QED) is 0.654. The van der Waals surface area contributed by atoms with Gasteiger partial charge in [-0.15, -0.1) is 0 Å². The van der Waals surface area contributed by atoms with E-state index in [4.69, 9.17) is 0 Å². The molecule has 2 aromatic carbocycles. The zero-order chi connectivity index (χ0) is 12.8. The Balaban J connectivity index is 2.39. The Morgan fingerprint density at radius 1 is 0.889 bits per heavy atom. The molecular weight excluding hydrogens is 222 g/mol. The van der Waals surface area contributed by atoms with Crippen LogP contribution in [0.4, 0.5) is 0 Å². The fraction of sp³-hybridized carbons (Fsp3) is 0.0625. The highest BCUT2D eigenvalue weighted by Gasteiger charge is 2.13. The Kier molecular flexibility index (Phi) is 3.92. The Bertz CT molecular complexity index is 544. The molecule has 0 radical (unpaired) electrons. The van der Waals surface area contributed by atoms with Crippen molar-refractivity contribution >= 4 is 11.4 Å². The summed E-state index contributed by atoms with van der Waals surface area (Å²) in [5, 5.41) is 2.93. The smallest absolute Gasteiger partial charge is 0.195 e. The number of nitrogens with one attached hydrogen (secondary N) is 1. The Labute approximate surface area is 107 Å². The van der Waals surface area contributed by atoms with Gasteiger partial charge in [-0.05, 0) is 5.56 Å². The van der Waals surface area contributed by atoms with Crippen molar-refractivity contribution in [1.29, 1.82) is 0 Å². The third-order valence-electron chi connectivity index (χ3n) is 2.65. The van der Waals surface area contributed by atoms with Gasteiger partial charge >= 0.3 is 0 Å². The van der Waals surface area contributed by atoms with E-state index in [9.17, 15) is 4.79 Å². The second-order valence-corrected chi connectivity index (χ2v) is 3.91. The van der Waals surface area contributed by atoms with Crippen molar-refractivity contribution in [3.05, 3.63) is 78.0 Å². The van der Waals surface area contributed by atoms with E-state index in [2.05, 4.69) is 5.32 Å². The van der Waals surface area contributed by atoms with Crippen LogP contribution in [0.25, 0.3) is 5.57 Å². The number of hydrogen-bond acceptors (Lipinski definition) is 2. The van der Waals surface area contributed by atoms with Crippen LogP contribution in [0.15, 0.2) is 66.9 Å². The largest absolute Gasteiger partial charge is 0.393 e. The summed E-state index contributed by atoms with van der Waals surface area (Å²) in [7, 11) is 1.79. The van der Waals surface area contributed by atoms with E-state index in [0.29, 0.717) is 11.1 Å². The third kappa shape index (κ3) is 2.66. The second-order valence-electron chi connectivity index (χ2n) is 3.91. The minimum absolute atomic E-state index is 0.0242. The Morgan fingerprint density at radius 3 is 1.89 bits per heavy atom. The van der Waals surface area contributed by atoms with Gasteiger partial charge in [-0.3, -0.25) is 4.79 Å². The van der Waals surface area contributed by atoms with Crippen molar-refractivity contribution < 1.29 is 4.79 Å². The van der Waals surface area contributed by atoms with Gasteiger partial charge in [-0.2, -0.15) is 0 Å². The summed E-state index contributed by atoms with van der Waals surface area (Å²) < 4.78 is 0. The summed E-state index contributed by atoms with van der Waals surface area (Å²) in [4.78, 5) is 12.4. The summed E-state index contributed by atoms with van der Waals surface area (Å²) >= 11 is 0. The highest BCUT2D eigenvalue weighted by atomic mass is 16.1. The van der Waals surface area contributed by atoms with Crippen molar-refractivity contribution in [2.24, 2.45) is 0 Å². The molecule has 2 heteroatoms. The Morgan fingerprint density at radius 2 is 1.39 bits per heavy atom. The molecule has 0 saturated carbocycles. The van der Waals surface area contributed by atoms with Gasteiger partial charge < -0.3 is 5.32 Å². The van der Waals surface area contributed by atoms with Gasteiger partial charge in [0, 0.05) is 24.4 Å². The first kappa shape index (κ1) is 12.1. The van der Waals surface area contributed by atoms with Gasteiger partial charge in [0.05, 0.1) is 0 Å². The molecule has 0 aliphatic heterocycles. The third-order valence-corrected chi connectivity index (χ3v) is 2.65. The topological polar surface area (TPSA) is 29.1 Å². The van der Waals surface area contributed by atoms with E-state index in [1.54, 1.807) is 13.2 Å². The first-order valence-electron chi connectivity index (χ1n) is 5.85. The summed E-state index contributed by atoms with van der Waals surface area (Å²) in [5.41, 5.74) is 2.29. The highest BCUT2D eigenvalue weighted by molar-refractivity contribution is 6.28. The molecule has 2 nitrogen and oxygen atoms in total. The number of carbonyl (C=O) groups is 1. The molecule has 2 rings (SSSR count). The molecule has 0 saturated heterocycles. The van der Waals surface area contributed by atoms with Gasteiger partial charge in [0.15, 0.2) is 5.78 Å². The summed E-state index contributed by atoms with van der Waals surface area (Å²) in [6.45, 7) is 0. The second kappa shape index (κ2) is 5.82. The van der Waals surface area contributed by atoms with Crippen LogP contribution in [0.5, 0.6) is 0 Å². The number of carbonyl (C=O) groups excluding carboxylic acids is 1. The van der Waals surface area contributed by atoms with Gasteiger partial charge in [0.2, 0.25) is 0 Å². The number of Topliss-reactive ketones (excluding diaryl/α,β-unsaturated/α-hetero) is 1. The lowest BCUT2D eigenvalue weighted by molar-refractivity contribution is 0.105. The van der Waals surface area contributed by atoms with Gasteiger partial charge in [0.25, 0.3) is 0 Å². The standard InChI is InChI=1S/C16H15NO/c1-17-12-15(13-8-4-2-5-9-13)16(18)14-10-6-3-7-11-14/h2-12,17H,1H3/b15-12-. The van der Waals surface area contributed by atoms with Crippen LogP contribution in [0, 0.1) is 0 Å². The lowest BCUT2D eigenvalue weighted by atomic mass is 9.98. The number of benzene rings is 2. The van der Waals surface area contributed by atoms with Crippen LogP contribution in [0.2, 0.25) is 0 Å². The van der Waals surface area contributed by atoms with E-state index >= 15 is 0 Å². The molecule has 0 amide bonds.